The Bertz CT molecular complexity index is 876. The highest BCUT2D eigenvalue weighted by Gasteiger charge is 2.41. The zero-order valence-electron chi connectivity index (χ0n) is 16.1. The second kappa shape index (κ2) is 7.97. The molecule has 1 aliphatic carbocycles. The van der Waals surface area contributed by atoms with Gasteiger partial charge in [-0.3, -0.25) is 4.79 Å². The standard InChI is InChI=1S/C23H25N3O2/c1-17-24-22(26-28-17)23(14-8-9-15-23)25-21(27)16-20(18-10-4-2-5-11-18)19-12-6-3-7-13-19/h2-7,10-13,20H,8-9,14-16H2,1H3,(H,25,27). The summed E-state index contributed by atoms with van der Waals surface area (Å²) in [6.45, 7) is 1.78. The smallest absolute Gasteiger partial charge is 0.223 e. The number of amides is 1. The summed E-state index contributed by atoms with van der Waals surface area (Å²) in [5, 5.41) is 7.39. The van der Waals surface area contributed by atoms with Crippen molar-refractivity contribution >= 4 is 5.91 Å². The molecule has 1 amide bonds. The molecule has 1 saturated carbocycles. The third kappa shape index (κ3) is 3.84. The normalized spacial score (nSPS) is 15.6. The van der Waals surface area contributed by atoms with E-state index in [4.69, 9.17) is 4.52 Å². The van der Waals surface area contributed by atoms with Crippen LogP contribution in [0, 0.1) is 6.92 Å². The van der Waals surface area contributed by atoms with Gasteiger partial charge in [0.05, 0.1) is 0 Å². The fraction of sp³-hybridized carbons (Fsp3) is 0.348. The minimum absolute atomic E-state index is 0.00728. The molecule has 28 heavy (non-hydrogen) atoms. The van der Waals surface area contributed by atoms with Gasteiger partial charge in [0.15, 0.2) is 5.82 Å². The van der Waals surface area contributed by atoms with E-state index in [1.165, 1.54) is 0 Å². The first kappa shape index (κ1) is 18.4. The van der Waals surface area contributed by atoms with Gasteiger partial charge in [-0.2, -0.15) is 4.98 Å². The van der Waals surface area contributed by atoms with E-state index < -0.39 is 5.54 Å². The number of carbonyl (C=O) groups excluding carboxylic acids is 1. The van der Waals surface area contributed by atoms with Crippen molar-refractivity contribution < 1.29 is 9.32 Å². The number of hydrogen-bond acceptors (Lipinski definition) is 4. The Morgan fingerprint density at radius 3 is 2.11 bits per heavy atom. The van der Waals surface area contributed by atoms with Crippen molar-refractivity contribution in [3.05, 3.63) is 83.5 Å². The van der Waals surface area contributed by atoms with E-state index in [0.717, 1.165) is 36.8 Å². The SMILES string of the molecule is Cc1nc(C2(NC(=O)CC(c3ccccc3)c3ccccc3)CCCC2)no1. The first-order chi connectivity index (χ1) is 13.7. The number of carbonyl (C=O) groups is 1. The third-order valence-corrected chi connectivity index (χ3v) is 5.58. The summed E-state index contributed by atoms with van der Waals surface area (Å²) in [5.41, 5.74) is 1.77. The molecular formula is C23H25N3O2. The molecule has 1 fully saturated rings. The molecular weight excluding hydrogens is 350 g/mol. The highest BCUT2D eigenvalue weighted by atomic mass is 16.5. The monoisotopic (exact) mass is 375 g/mol. The fourth-order valence-corrected chi connectivity index (χ4v) is 4.18. The largest absolute Gasteiger partial charge is 0.343 e. The Kier molecular flexibility index (Phi) is 5.24. The third-order valence-electron chi connectivity index (χ3n) is 5.58. The maximum absolute atomic E-state index is 13.1. The van der Waals surface area contributed by atoms with E-state index in [1.807, 2.05) is 36.4 Å². The van der Waals surface area contributed by atoms with Gasteiger partial charge in [-0.1, -0.05) is 78.7 Å². The van der Waals surface area contributed by atoms with Crippen molar-refractivity contribution in [1.29, 1.82) is 0 Å². The van der Waals surface area contributed by atoms with Gasteiger partial charge >= 0.3 is 0 Å². The Balaban J connectivity index is 1.58. The molecule has 0 bridgehead atoms. The number of rotatable bonds is 6. The lowest BCUT2D eigenvalue weighted by molar-refractivity contribution is -0.123. The summed E-state index contributed by atoms with van der Waals surface area (Å²) >= 11 is 0. The van der Waals surface area contributed by atoms with E-state index in [2.05, 4.69) is 39.7 Å². The van der Waals surface area contributed by atoms with Crippen LogP contribution in [0.15, 0.2) is 65.2 Å². The highest BCUT2D eigenvalue weighted by Crippen LogP contribution is 2.38. The van der Waals surface area contributed by atoms with E-state index in [1.54, 1.807) is 6.92 Å². The number of benzene rings is 2. The van der Waals surface area contributed by atoms with Crippen molar-refractivity contribution in [1.82, 2.24) is 15.5 Å². The summed E-state index contributed by atoms with van der Waals surface area (Å²) in [6, 6.07) is 20.4. The first-order valence-electron chi connectivity index (χ1n) is 9.88. The second-order valence-electron chi connectivity index (χ2n) is 7.55. The van der Waals surface area contributed by atoms with Crippen LogP contribution in [0.25, 0.3) is 0 Å². The molecule has 0 spiro atoms. The summed E-state index contributed by atoms with van der Waals surface area (Å²) in [5.74, 6) is 1.16. The lowest BCUT2D eigenvalue weighted by Gasteiger charge is -2.28. The highest BCUT2D eigenvalue weighted by molar-refractivity contribution is 5.78. The van der Waals surface area contributed by atoms with Gasteiger partial charge in [0.2, 0.25) is 11.8 Å². The molecule has 0 radical (unpaired) electrons. The average Bonchev–Trinajstić information content (AvgIpc) is 3.37. The van der Waals surface area contributed by atoms with E-state index in [-0.39, 0.29) is 11.8 Å². The van der Waals surface area contributed by atoms with Crippen LogP contribution in [0.1, 0.15) is 60.9 Å². The zero-order valence-corrected chi connectivity index (χ0v) is 16.1. The van der Waals surface area contributed by atoms with Crippen molar-refractivity contribution in [2.24, 2.45) is 0 Å². The Morgan fingerprint density at radius 2 is 1.61 bits per heavy atom. The van der Waals surface area contributed by atoms with Gasteiger partial charge in [-0.25, -0.2) is 0 Å². The van der Waals surface area contributed by atoms with Crippen LogP contribution < -0.4 is 5.32 Å². The quantitative estimate of drug-likeness (QED) is 0.689. The van der Waals surface area contributed by atoms with E-state index in [0.29, 0.717) is 18.1 Å². The molecule has 1 aromatic heterocycles. The van der Waals surface area contributed by atoms with Crippen LogP contribution in [-0.4, -0.2) is 16.0 Å². The molecule has 5 nitrogen and oxygen atoms in total. The molecule has 0 saturated heterocycles. The van der Waals surface area contributed by atoms with Crippen LogP contribution in [-0.2, 0) is 10.3 Å². The molecule has 0 aliphatic heterocycles. The number of hydrogen-bond donors (Lipinski definition) is 1. The van der Waals surface area contributed by atoms with E-state index in [9.17, 15) is 4.79 Å². The van der Waals surface area contributed by atoms with Crippen LogP contribution in [0.4, 0.5) is 0 Å². The summed E-state index contributed by atoms with van der Waals surface area (Å²) in [7, 11) is 0. The molecule has 4 rings (SSSR count). The average molecular weight is 375 g/mol. The minimum Gasteiger partial charge on any atom is -0.343 e. The van der Waals surface area contributed by atoms with Gasteiger partial charge in [-0.15, -0.1) is 0 Å². The van der Waals surface area contributed by atoms with E-state index >= 15 is 0 Å². The van der Waals surface area contributed by atoms with Gasteiger partial charge < -0.3 is 9.84 Å². The summed E-state index contributed by atoms with van der Waals surface area (Å²) in [6.07, 6.45) is 4.17. The molecule has 3 aromatic rings. The maximum Gasteiger partial charge on any atom is 0.223 e. The van der Waals surface area contributed by atoms with Gasteiger partial charge in [0, 0.05) is 19.3 Å². The van der Waals surface area contributed by atoms with Gasteiger partial charge in [-0.05, 0) is 24.0 Å². The maximum atomic E-state index is 13.1. The molecule has 2 aromatic carbocycles. The van der Waals surface area contributed by atoms with Crippen molar-refractivity contribution in [3.8, 4) is 0 Å². The zero-order chi connectivity index (χ0) is 19.4. The molecule has 144 valence electrons. The number of nitrogens with one attached hydrogen (secondary N) is 1. The fourth-order valence-electron chi connectivity index (χ4n) is 4.18. The molecule has 0 atom stereocenters. The number of aryl methyl sites for hydroxylation is 1. The molecule has 0 unspecified atom stereocenters. The van der Waals surface area contributed by atoms with Crippen molar-refractivity contribution in [2.45, 2.75) is 50.5 Å². The summed E-state index contributed by atoms with van der Waals surface area (Å²) < 4.78 is 5.19. The molecule has 1 aliphatic rings. The van der Waals surface area contributed by atoms with Crippen LogP contribution in [0.5, 0.6) is 0 Å². The van der Waals surface area contributed by atoms with Gasteiger partial charge in [0.25, 0.3) is 0 Å². The molecule has 5 heteroatoms. The number of nitrogens with zero attached hydrogens (tertiary/aromatic N) is 2. The second-order valence-corrected chi connectivity index (χ2v) is 7.55. The Hall–Kier alpha value is -2.95. The lowest BCUT2D eigenvalue weighted by Crippen LogP contribution is -2.45. The molecule has 1 heterocycles. The van der Waals surface area contributed by atoms with Gasteiger partial charge in [0.1, 0.15) is 5.54 Å². The van der Waals surface area contributed by atoms with Crippen LogP contribution >= 0.6 is 0 Å². The predicted molar refractivity (Wildman–Crippen MR) is 107 cm³/mol. The van der Waals surface area contributed by atoms with Crippen LogP contribution in [0.2, 0.25) is 0 Å². The number of aromatic nitrogens is 2. The lowest BCUT2D eigenvalue weighted by atomic mass is 9.87. The summed E-state index contributed by atoms with van der Waals surface area (Å²) in [4.78, 5) is 17.6. The van der Waals surface area contributed by atoms with Crippen molar-refractivity contribution in [2.75, 3.05) is 0 Å². The van der Waals surface area contributed by atoms with Crippen molar-refractivity contribution in [3.63, 3.8) is 0 Å². The Labute approximate surface area is 165 Å². The first-order valence-corrected chi connectivity index (χ1v) is 9.88. The molecule has 1 N–H and O–H groups in total. The van der Waals surface area contributed by atoms with Crippen LogP contribution in [0.3, 0.4) is 0 Å². The predicted octanol–water partition coefficient (Wildman–Crippen LogP) is 4.49. The minimum atomic E-state index is -0.507. The Morgan fingerprint density at radius 1 is 1.04 bits per heavy atom. The topological polar surface area (TPSA) is 68.0 Å².